The van der Waals surface area contributed by atoms with Crippen LogP contribution in [0.25, 0.3) is 0 Å². The molecule has 170 valence electrons. The Morgan fingerprint density at radius 2 is 1.45 bits per heavy atom. The van der Waals surface area contributed by atoms with E-state index >= 15 is 0 Å². The average Bonchev–Trinajstić information content (AvgIpc) is 3.07. The van der Waals surface area contributed by atoms with Gasteiger partial charge in [-0.25, -0.2) is 9.69 Å². The van der Waals surface area contributed by atoms with Gasteiger partial charge < -0.3 is 14.2 Å². The summed E-state index contributed by atoms with van der Waals surface area (Å²) in [5, 5.41) is 0. The molecule has 6 nitrogen and oxygen atoms in total. The lowest BCUT2D eigenvalue weighted by molar-refractivity contribution is -0.120. The van der Waals surface area contributed by atoms with Crippen molar-refractivity contribution >= 4 is 17.7 Å². The van der Waals surface area contributed by atoms with Crippen LogP contribution in [-0.4, -0.2) is 31.8 Å². The molecule has 0 N–H and O–H groups in total. The van der Waals surface area contributed by atoms with E-state index in [1.165, 1.54) is 0 Å². The number of nitrogens with zero attached hydrogens (tertiary/aromatic N) is 1. The molecule has 6 heteroatoms. The van der Waals surface area contributed by atoms with E-state index in [-0.39, 0.29) is 0 Å². The van der Waals surface area contributed by atoms with Crippen LogP contribution in [0.4, 0.5) is 10.5 Å². The summed E-state index contributed by atoms with van der Waals surface area (Å²) < 4.78 is 16.6. The first-order chi connectivity index (χ1) is 15.7. The minimum atomic E-state index is -1.27. The summed E-state index contributed by atoms with van der Waals surface area (Å²) >= 11 is 0. The normalized spacial score (nSPS) is 17.5. The zero-order valence-corrected chi connectivity index (χ0v) is 19.4. The highest BCUT2D eigenvalue weighted by molar-refractivity contribution is 6.24. The van der Waals surface area contributed by atoms with E-state index in [0.717, 1.165) is 10.5 Å². The van der Waals surface area contributed by atoms with Crippen molar-refractivity contribution in [2.75, 3.05) is 19.1 Å². The maximum absolute atomic E-state index is 14.3. The fourth-order valence-corrected chi connectivity index (χ4v) is 4.35. The predicted molar refractivity (Wildman–Crippen MR) is 126 cm³/mol. The Morgan fingerprint density at radius 3 is 2.09 bits per heavy atom. The largest absolute Gasteiger partial charge is 0.493 e. The Kier molecular flexibility index (Phi) is 5.62. The van der Waals surface area contributed by atoms with Gasteiger partial charge in [0.25, 0.3) is 5.91 Å². The summed E-state index contributed by atoms with van der Waals surface area (Å²) in [7, 11) is 3.11. The van der Waals surface area contributed by atoms with Crippen molar-refractivity contribution in [1.29, 1.82) is 0 Å². The summed E-state index contributed by atoms with van der Waals surface area (Å²) in [4.78, 5) is 28.7. The smallest absolute Gasteiger partial charge is 0.421 e. The Morgan fingerprint density at radius 1 is 0.818 bits per heavy atom. The lowest BCUT2D eigenvalue weighted by Crippen LogP contribution is -2.46. The SMILES string of the molecule is COc1ccc(C2(c3ccccc3)C(=O)N(C(=O)OC(C)(C)C)c3ccccc32)cc1OC. The van der Waals surface area contributed by atoms with Gasteiger partial charge in [-0.15, -0.1) is 0 Å². The van der Waals surface area contributed by atoms with Gasteiger partial charge in [0.1, 0.15) is 11.0 Å². The van der Waals surface area contributed by atoms with Crippen LogP contribution in [0.15, 0.2) is 72.8 Å². The van der Waals surface area contributed by atoms with E-state index in [2.05, 4.69) is 0 Å². The number of imide groups is 1. The second-order valence-electron chi connectivity index (χ2n) is 8.82. The van der Waals surface area contributed by atoms with E-state index in [1.807, 2.05) is 48.5 Å². The zero-order valence-electron chi connectivity index (χ0n) is 19.4. The third-order valence-corrected chi connectivity index (χ3v) is 5.67. The molecule has 3 aromatic rings. The number of hydrogen-bond donors (Lipinski definition) is 0. The van der Waals surface area contributed by atoms with Crippen molar-refractivity contribution in [3.05, 3.63) is 89.5 Å². The van der Waals surface area contributed by atoms with Gasteiger partial charge in [-0.1, -0.05) is 54.6 Å². The van der Waals surface area contributed by atoms with Gasteiger partial charge in [0.05, 0.1) is 19.9 Å². The third-order valence-electron chi connectivity index (χ3n) is 5.67. The minimum absolute atomic E-state index is 0.406. The summed E-state index contributed by atoms with van der Waals surface area (Å²) in [5.74, 6) is 0.634. The molecule has 33 heavy (non-hydrogen) atoms. The molecular formula is C27H27NO5. The fourth-order valence-electron chi connectivity index (χ4n) is 4.35. The van der Waals surface area contributed by atoms with E-state index in [0.29, 0.717) is 28.3 Å². The molecule has 0 aliphatic carbocycles. The molecule has 0 spiro atoms. The first-order valence-electron chi connectivity index (χ1n) is 10.7. The van der Waals surface area contributed by atoms with Gasteiger partial charge in [0.2, 0.25) is 0 Å². The van der Waals surface area contributed by atoms with Crippen LogP contribution in [0, 0.1) is 0 Å². The topological polar surface area (TPSA) is 65.1 Å². The number of hydrogen-bond acceptors (Lipinski definition) is 5. The van der Waals surface area contributed by atoms with Crippen molar-refractivity contribution in [2.24, 2.45) is 0 Å². The van der Waals surface area contributed by atoms with Crippen LogP contribution in [0.2, 0.25) is 0 Å². The van der Waals surface area contributed by atoms with E-state index in [4.69, 9.17) is 14.2 Å². The Bertz CT molecular complexity index is 1200. The summed E-state index contributed by atoms with van der Waals surface area (Å²) in [6.45, 7) is 5.32. The van der Waals surface area contributed by atoms with Gasteiger partial charge in [0, 0.05) is 5.56 Å². The maximum Gasteiger partial charge on any atom is 0.421 e. The number of anilines is 1. The number of rotatable bonds is 4. The second-order valence-corrected chi connectivity index (χ2v) is 8.82. The zero-order chi connectivity index (χ0) is 23.8. The number of fused-ring (bicyclic) bond motifs is 1. The molecule has 0 fully saturated rings. The molecule has 0 aromatic heterocycles. The van der Waals surface area contributed by atoms with Crippen LogP contribution in [0.3, 0.4) is 0 Å². The standard InChI is InChI=1S/C27H27NO5/c1-26(2,3)33-25(30)28-21-14-10-9-13-20(21)27(24(28)29,18-11-7-6-8-12-18)19-15-16-22(31-4)23(17-19)32-5/h6-17H,1-5H3. The first kappa shape index (κ1) is 22.4. The number of benzene rings is 3. The molecule has 0 bridgehead atoms. The molecule has 3 aromatic carbocycles. The van der Waals surface area contributed by atoms with Crippen LogP contribution in [0.5, 0.6) is 11.5 Å². The second kappa shape index (κ2) is 8.28. The molecule has 1 atom stereocenters. The Balaban J connectivity index is 2.02. The number of carbonyl (C=O) groups excluding carboxylic acids is 2. The average molecular weight is 446 g/mol. The van der Waals surface area contributed by atoms with Crippen LogP contribution in [-0.2, 0) is 14.9 Å². The summed E-state index contributed by atoms with van der Waals surface area (Å²) in [5.41, 5.74) is 0.562. The Labute approximate surface area is 193 Å². The Hall–Kier alpha value is -3.80. The quantitative estimate of drug-likeness (QED) is 0.544. The van der Waals surface area contributed by atoms with Gasteiger partial charge in [-0.2, -0.15) is 0 Å². The minimum Gasteiger partial charge on any atom is -0.493 e. The molecule has 1 aliphatic rings. The number of para-hydroxylation sites is 1. The molecular weight excluding hydrogens is 418 g/mol. The highest BCUT2D eigenvalue weighted by Gasteiger charge is 2.56. The number of methoxy groups -OCH3 is 2. The van der Waals surface area contributed by atoms with Crippen LogP contribution < -0.4 is 14.4 Å². The maximum atomic E-state index is 14.3. The first-order valence-corrected chi connectivity index (χ1v) is 10.7. The predicted octanol–water partition coefficient (Wildman–Crippen LogP) is 5.32. The lowest BCUT2D eigenvalue weighted by atomic mass is 9.70. The number of amides is 2. The molecule has 0 saturated heterocycles. The summed E-state index contributed by atoms with van der Waals surface area (Å²) in [6, 6.07) is 22.1. The van der Waals surface area contributed by atoms with Gasteiger partial charge in [-0.3, -0.25) is 4.79 Å². The van der Waals surface area contributed by atoms with Crippen LogP contribution in [0.1, 0.15) is 37.5 Å². The molecule has 1 unspecified atom stereocenters. The monoisotopic (exact) mass is 445 g/mol. The summed E-state index contributed by atoms with van der Waals surface area (Å²) in [6.07, 6.45) is -0.710. The molecule has 1 aliphatic heterocycles. The molecule has 0 saturated carbocycles. The van der Waals surface area contributed by atoms with Crippen LogP contribution >= 0.6 is 0 Å². The van der Waals surface area contributed by atoms with E-state index < -0.39 is 23.0 Å². The fraction of sp³-hybridized carbons (Fsp3) is 0.259. The van der Waals surface area contributed by atoms with Crippen molar-refractivity contribution in [3.8, 4) is 11.5 Å². The molecule has 0 radical (unpaired) electrons. The third kappa shape index (κ3) is 3.61. The van der Waals surface area contributed by atoms with E-state index in [1.54, 1.807) is 59.3 Å². The molecule has 2 amide bonds. The number of carbonyl (C=O) groups is 2. The van der Waals surface area contributed by atoms with Gasteiger partial charge in [-0.05, 0) is 50.1 Å². The van der Waals surface area contributed by atoms with Crippen molar-refractivity contribution in [1.82, 2.24) is 0 Å². The molecule has 1 heterocycles. The van der Waals surface area contributed by atoms with Gasteiger partial charge >= 0.3 is 6.09 Å². The lowest BCUT2D eigenvalue weighted by Gasteiger charge is -2.31. The van der Waals surface area contributed by atoms with Crippen molar-refractivity contribution in [2.45, 2.75) is 31.8 Å². The number of ether oxygens (including phenoxy) is 3. The van der Waals surface area contributed by atoms with Crippen molar-refractivity contribution < 1.29 is 23.8 Å². The highest BCUT2D eigenvalue weighted by atomic mass is 16.6. The highest BCUT2D eigenvalue weighted by Crippen LogP contribution is 2.51. The van der Waals surface area contributed by atoms with Crippen molar-refractivity contribution in [3.63, 3.8) is 0 Å². The van der Waals surface area contributed by atoms with Gasteiger partial charge in [0.15, 0.2) is 11.5 Å². The molecule has 4 rings (SSSR count). The van der Waals surface area contributed by atoms with E-state index in [9.17, 15) is 9.59 Å².